The molecule has 6 rings (SSSR count). The van der Waals surface area contributed by atoms with Gasteiger partial charge in [0.25, 0.3) is 0 Å². The smallest absolute Gasteiger partial charge is 0.224 e. The van der Waals surface area contributed by atoms with E-state index in [0.29, 0.717) is 0 Å². The molecule has 0 atom stereocenters. The van der Waals surface area contributed by atoms with Gasteiger partial charge in [-0.1, -0.05) is 18.2 Å². The van der Waals surface area contributed by atoms with Crippen molar-refractivity contribution in [2.75, 3.05) is 6.26 Å². The largest absolute Gasteiger partial charge is 0.307 e. The lowest BCUT2D eigenvalue weighted by atomic mass is 9.96. The van der Waals surface area contributed by atoms with Gasteiger partial charge in [0.2, 0.25) is 5.52 Å². The van der Waals surface area contributed by atoms with E-state index < -0.39 is 0 Å². The number of thioether (sulfide) groups is 1. The van der Waals surface area contributed by atoms with E-state index in [1.807, 2.05) is 11.8 Å². The number of hydrogen-bond donors (Lipinski definition) is 0. The lowest BCUT2D eigenvalue weighted by Gasteiger charge is -2.14. The van der Waals surface area contributed by atoms with Crippen molar-refractivity contribution in [3.8, 4) is 0 Å². The van der Waals surface area contributed by atoms with E-state index in [4.69, 9.17) is 0 Å². The Morgan fingerprint density at radius 1 is 0.893 bits per heavy atom. The molecule has 3 aromatic heterocycles. The highest BCUT2D eigenvalue weighted by Gasteiger charge is 2.24. The molecule has 0 amide bonds. The molecule has 0 radical (unpaired) electrons. The standard InChI is InChI=1S/C25H21N2S/c1-14-11-19-18-7-5-6-8-20(18)27-21-13-17(28-4)12-16-9-10-26(3)25(23(16)21)22(15(14)2)24(19)27/h5-13H,1-4H3/q+1. The molecule has 0 aliphatic heterocycles. The average molecular weight is 382 g/mol. The monoisotopic (exact) mass is 381 g/mol. The molecule has 0 saturated heterocycles. The molecule has 3 heteroatoms. The van der Waals surface area contributed by atoms with Gasteiger partial charge in [-0.15, -0.1) is 11.8 Å². The minimum Gasteiger partial charge on any atom is -0.307 e. The van der Waals surface area contributed by atoms with Gasteiger partial charge in [-0.05, 0) is 60.9 Å². The molecular formula is C25H21N2S+. The van der Waals surface area contributed by atoms with Crippen molar-refractivity contribution < 1.29 is 4.57 Å². The van der Waals surface area contributed by atoms with Crippen LogP contribution >= 0.6 is 11.8 Å². The average Bonchev–Trinajstić information content (AvgIpc) is 3.04. The molecule has 3 aromatic carbocycles. The fourth-order valence-corrected chi connectivity index (χ4v) is 5.42. The molecule has 0 unspecified atom stereocenters. The third kappa shape index (κ3) is 1.83. The molecule has 136 valence electrons. The van der Waals surface area contributed by atoms with E-state index in [-0.39, 0.29) is 0 Å². The minimum absolute atomic E-state index is 1.29. The zero-order valence-corrected chi connectivity index (χ0v) is 17.3. The predicted octanol–water partition coefficient (Wildman–Crippen LogP) is 6.15. The zero-order valence-electron chi connectivity index (χ0n) is 16.5. The molecule has 28 heavy (non-hydrogen) atoms. The summed E-state index contributed by atoms with van der Waals surface area (Å²) in [7, 11) is 2.17. The number of aryl methyl sites for hydroxylation is 3. The summed E-state index contributed by atoms with van der Waals surface area (Å²) < 4.78 is 4.80. The number of pyridine rings is 2. The van der Waals surface area contributed by atoms with Crippen LogP contribution in [-0.4, -0.2) is 10.7 Å². The minimum atomic E-state index is 1.29. The summed E-state index contributed by atoms with van der Waals surface area (Å²) in [6, 6.07) is 18.1. The summed E-state index contributed by atoms with van der Waals surface area (Å²) in [5.41, 5.74) is 8.00. The first-order valence-corrected chi connectivity index (χ1v) is 10.9. The molecule has 2 nitrogen and oxygen atoms in total. The van der Waals surface area contributed by atoms with Gasteiger partial charge in [0.1, 0.15) is 7.05 Å². The van der Waals surface area contributed by atoms with Crippen molar-refractivity contribution in [1.82, 2.24) is 4.40 Å². The van der Waals surface area contributed by atoms with Gasteiger partial charge in [0.15, 0.2) is 6.20 Å². The number of nitrogens with zero attached hydrogens (tertiary/aromatic N) is 2. The van der Waals surface area contributed by atoms with Crippen LogP contribution < -0.4 is 4.57 Å². The first kappa shape index (κ1) is 16.2. The fourth-order valence-electron chi connectivity index (χ4n) is 4.95. The maximum absolute atomic E-state index is 2.50. The normalized spacial score (nSPS) is 12.4. The van der Waals surface area contributed by atoms with Crippen molar-refractivity contribution in [2.24, 2.45) is 7.05 Å². The molecule has 0 spiro atoms. The SMILES string of the molecule is CSc1cc2cc[n+](C)c3c4c(C)c(C)cc5c6ccccc6n(c(c1)c23)c54. The topological polar surface area (TPSA) is 8.29 Å². The first-order chi connectivity index (χ1) is 13.6. The number of rotatable bonds is 1. The molecule has 0 aliphatic carbocycles. The number of fused-ring (bicyclic) bond motifs is 5. The number of aromatic nitrogens is 2. The number of hydrogen-bond acceptors (Lipinski definition) is 1. The highest BCUT2D eigenvalue weighted by atomic mass is 32.2. The van der Waals surface area contributed by atoms with Crippen molar-refractivity contribution >= 4 is 60.8 Å². The Kier molecular flexibility index (Phi) is 3.12. The van der Waals surface area contributed by atoms with Crippen LogP contribution in [0.2, 0.25) is 0 Å². The highest BCUT2D eigenvalue weighted by molar-refractivity contribution is 7.98. The Morgan fingerprint density at radius 2 is 1.71 bits per heavy atom. The van der Waals surface area contributed by atoms with E-state index in [9.17, 15) is 0 Å². The Hall–Kier alpha value is -2.78. The van der Waals surface area contributed by atoms with Gasteiger partial charge in [-0.2, -0.15) is 0 Å². The van der Waals surface area contributed by atoms with E-state index in [2.05, 4.69) is 90.8 Å². The molecule has 0 bridgehead atoms. The summed E-state index contributed by atoms with van der Waals surface area (Å²) in [4.78, 5) is 1.31. The quantitative estimate of drug-likeness (QED) is 0.143. The zero-order chi connectivity index (χ0) is 19.2. The molecule has 0 aliphatic rings. The predicted molar refractivity (Wildman–Crippen MR) is 121 cm³/mol. The van der Waals surface area contributed by atoms with E-state index in [1.54, 1.807) is 0 Å². The van der Waals surface area contributed by atoms with Gasteiger partial charge in [0, 0.05) is 21.7 Å². The molecule has 0 fully saturated rings. The van der Waals surface area contributed by atoms with Crippen LogP contribution in [0, 0.1) is 13.8 Å². The fraction of sp³-hybridized carbons (Fsp3) is 0.160. The van der Waals surface area contributed by atoms with Crippen LogP contribution in [0.25, 0.3) is 49.0 Å². The molecule has 0 N–H and O–H groups in total. The third-order valence-corrected chi connectivity index (χ3v) is 7.09. The summed E-state index contributed by atoms with van der Waals surface area (Å²) >= 11 is 1.81. The number of benzene rings is 3. The van der Waals surface area contributed by atoms with Gasteiger partial charge >= 0.3 is 0 Å². The second kappa shape index (κ2) is 5.39. The molecule has 3 heterocycles. The van der Waals surface area contributed by atoms with E-state index in [1.165, 1.54) is 65.0 Å². The van der Waals surface area contributed by atoms with Gasteiger partial charge < -0.3 is 4.40 Å². The van der Waals surface area contributed by atoms with Gasteiger partial charge in [-0.25, -0.2) is 4.57 Å². The first-order valence-electron chi connectivity index (χ1n) is 9.64. The van der Waals surface area contributed by atoms with Crippen molar-refractivity contribution in [1.29, 1.82) is 0 Å². The van der Waals surface area contributed by atoms with Crippen molar-refractivity contribution in [3.63, 3.8) is 0 Å². The number of para-hydroxylation sites is 1. The lowest BCUT2D eigenvalue weighted by molar-refractivity contribution is -0.643. The third-order valence-electron chi connectivity index (χ3n) is 6.38. The van der Waals surface area contributed by atoms with Crippen LogP contribution in [0.1, 0.15) is 11.1 Å². The van der Waals surface area contributed by atoms with Gasteiger partial charge in [-0.3, -0.25) is 0 Å². The van der Waals surface area contributed by atoms with Crippen LogP contribution in [0.5, 0.6) is 0 Å². The highest BCUT2D eigenvalue weighted by Crippen LogP contribution is 2.42. The van der Waals surface area contributed by atoms with Crippen LogP contribution in [0.3, 0.4) is 0 Å². The van der Waals surface area contributed by atoms with Gasteiger partial charge in [0.05, 0.1) is 27.3 Å². The molecular weight excluding hydrogens is 360 g/mol. The van der Waals surface area contributed by atoms with E-state index in [0.717, 1.165) is 0 Å². The Balaban J connectivity index is 2.13. The maximum atomic E-state index is 2.50. The van der Waals surface area contributed by atoms with Crippen molar-refractivity contribution in [3.05, 3.63) is 65.9 Å². The Morgan fingerprint density at radius 3 is 2.54 bits per heavy atom. The van der Waals surface area contributed by atoms with E-state index >= 15 is 0 Å². The Bertz CT molecular complexity index is 1570. The summed E-state index contributed by atoms with van der Waals surface area (Å²) in [6.07, 6.45) is 4.36. The maximum Gasteiger partial charge on any atom is 0.224 e. The van der Waals surface area contributed by atoms with Crippen molar-refractivity contribution in [2.45, 2.75) is 18.7 Å². The lowest BCUT2D eigenvalue weighted by Crippen LogP contribution is -2.29. The van der Waals surface area contributed by atoms with Crippen LogP contribution in [0.4, 0.5) is 0 Å². The molecule has 6 aromatic rings. The van der Waals surface area contributed by atoms with Crippen LogP contribution in [-0.2, 0) is 7.05 Å². The summed E-state index contributed by atoms with van der Waals surface area (Å²) in [6.45, 7) is 4.51. The molecule has 0 saturated carbocycles. The second-order valence-electron chi connectivity index (χ2n) is 7.83. The second-order valence-corrected chi connectivity index (χ2v) is 8.71. The van der Waals surface area contributed by atoms with Crippen LogP contribution in [0.15, 0.2) is 59.6 Å². The summed E-state index contributed by atoms with van der Waals surface area (Å²) in [5, 5.41) is 6.73. The Labute approximate surface area is 167 Å². The summed E-state index contributed by atoms with van der Waals surface area (Å²) in [5.74, 6) is 0.